The minimum absolute atomic E-state index is 0.0152. The molecule has 2 saturated heterocycles. The number of ketones is 1. The number of nitriles is 1. The Morgan fingerprint density at radius 1 is 0.918 bits per heavy atom. The molecule has 1 aromatic heterocycles. The summed E-state index contributed by atoms with van der Waals surface area (Å²) >= 11 is 7.23. The van der Waals surface area contributed by atoms with Gasteiger partial charge in [-0.2, -0.15) is 18.4 Å². The highest BCUT2D eigenvalue weighted by Gasteiger charge is 2.51. The summed E-state index contributed by atoms with van der Waals surface area (Å²) in [6.07, 6.45) is -4.90. The van der Waals surface area contributed by atoms with Crippen LogP contribution >= 0.6 is 23.6 Å². The van der Waals surface area contributed by atoms with Crippen molar-refractivity contribution >= 4 is 74.3 Å². The van der Waals surface area contributed by atoms with Crippen LogP contribution in [0.5, 0.6) is 11.5 Å². The highest BCUT2D eigenvalue weighted by Crippen LogP contribution is 2.40. The number of carbonyl (C=O) groups excluding carboxylic acids is 4. The zero-order valence-electron chi connectivity index (χ0n) is 41.0. The maximum Gasteiger partial charge on any atom is 0.417 e. The fourth-order valence-electron chi connectivity index (χ4n) is 9.13. The Hall–Kier alpha value is -7.20. The maximum atomic E-state index is 14.2. The molecule has 2 aliphatic rings. The number of Topliss-reactive ketones (excluding diaryl/α,β-unsaturated/α-hetero) is 1. The lowest BCUT2D eigenvalue weighted by Gasteiger charge is -2.35. The van der Waals surface area contributed by atoms with Crippen molar-refractivity contribution in [2.45, 2.75) is 97.3 Å². The molecule has 0 saturated carbocycles. The van der Waals surface area contributed by atoms with Crippen LogP contribution in [-0.4, -0.2) is 80.5 Å². The number of anilines is 2. The third-order valence-electron chi connectivity index (χ3n) is 13.1. The van der Waals surface area contributed by atoms with Crippen LogP contribution in [0.3, 0.4) is 0 Å². The molecule has 18 heteroatoms. The molecule has 73 heavy (non-hydrogen) atoms. The zero-order valence-corrected chi connectivity index (χ0v) is 42.6. The molecule has 5 aromatic carbocycles. The van der Waals surface area contributed by atoms with Gasteiger partial charge in [-0.1, -0.05) is 63.2 Å². The summed E-state index contributed by atoms with van der Waals surface area (Å²) in [5.74, 6) is -0.715. The van der Waals surface area contributed by atoms with Crippen LogP contribution in [-0.2, 0) is 38.4 Å². The van der Waals surface area contributed by atoms with Gasteiger partial charge in [-0.05, 0) is 133 Å². The van der Waals surface area contributed by atoms with E-state index in [1.54, 1.807) is 72.6 Å². The average molecular weight is 1030 g/mol. The number of halogens is 3. The minimum Gasteiger partial charge on any atom is -0.489 e. The molecule has 0 spiro atoms. The van der Waals surface area contributed by atoms with Crippen molar-refractivity contribution in [1.82, 2.24) is 15.2 Å². The van der Waals surface area contributed by atoms with Crippen LogP contribution in [0.4, 0.5) is 24.5 Å². The Bertz CT molecular complexity index is 3150. The number of amides is 3. The standard InChI is InChI=1S/C55H53F3N6O7S2/c1-32-48(73-31-60-32)35-11-7-33(8-12-35)10-22-46(66)45-26-41(65)28-62(45)50(68)49(53(2,3)4)61-47(67)30-71-43-19-15-36-23-34(9-13-37(36)24-43)29-70-42-20-17-39(18-21-42)64-52(72)63(51(69)54(64,5)6)40-16-14-38(27-59)44(25-40)55(56,57)58/h7-9,11-21,23-25,31,41,45,49,65H,10,22,26,28-30H2,1-6H3,(H,61,67)/t41-,45+,49-/m1/s1. The number of hydrogen-bond donors (Lipinski definition) is 2. The summed E-state index contributed by atoms with van der Waals surface area (Å²) < 4.78 is 53.3. The van der Waals surface area contributed by atoms with Gasteiger partial charge in [0.25, 0.3) is 11.8 Å². The number of aliphatic hydroxyl groups excluding tert-OH is 1. The number of benzene rings is 5. The number of aryl methyl sites for hydroxylation is 2. The largest absolute Gasteiger partial charge is 0.489 e. The quantitative estimate of drug-likeness (QED) is 0.0941. The van der Waals surface area contributed by atoms with Gasteiger partial charge < -0.3 is 29.7 Å². The van der Waals surface area contributed by atoms with Gasteiger partial charge in [-0.25, -0.2) is 4.98 Å². The van der Waals surface area contributed by atoms with Gasteiger partial charge in [0.1, 0.15) is 29.7 Å². The number of aromatic nitrogens is 1. The second-order valence-electron chi connectivity index (χ2n) is 19.8. The summed E-state index contributed by atoms with van der Waals surface area (Å²) in [7, 11) is 0. The predicted molar refractivity (Wildman–Crippen MR) is 276 cm³/mol. The number of carbonyl (C=O) groups is 4. The predicted octanol–water partition coefficient (Wildman–Crippen LogP) is 9.73. The van der Waals surface area contributed by atoms with Crippen molar-refractivity contribution in [1.29, 1.82) is 5.26 Å². The topological polar surface area (TPSA) is 165 Å². The van der Waals surface area contributed by atoms with Crippen molar-refractivity contribution in [2.75, 3.05) is 23.0 Å². The first-order chi connectivity index (χ1) is 34.5. The molecule has 3 heterocycles. The second-order valence-corrected chi connectivity index (χ2v) is 21.0. The van der Waals surface area contributed by atoms with E-state index in [-0.39, 0.29) is 49.2 Å². The van der Waals surface area contributed by atoms with Gasteiger partial charge in [0.15, 0.2) is 17.5 Å². The first-order valence-electron chi connectivity index (χ1n) is 23.5. The average Bonchev–Trinajstić information content (AvgIpc) is 4.02. The number of ether oxygens (including phenoxy) is 2. The summed E-state index contributed by atoms with van der Waals surface area (Å²) in [4.78, 5) is 64.3. The van der Waals surface area contributed by atoms with E-state index in [1.807, 2.05) is 81.7 Å². The zero-order chi connectivity index (χ0) is 52.6. The number of aliphatic hydroxyl groups is 1. The smallest absolute Gasteiger partial charge is 0.417 e. The van der Waals surface area contributed by atoms with Crippen molar-refractivity contribution in [2.24, 2.45) is 5.41 Å². The van der Waals surface area contributed by atoms with Crippen molar-refractivity contribution in [3.05, 3.63) is 137 Å². The minimum atomic E-state index is -4.82. The lowest BCUT2D eigenvalue weighted by atomic mass is 9.85. The molecule has 0 unspecified atom stereocenters. The third kappa shape index (κ3) is 11.2. The fraction of sp³-hybridized carbons (Fsp3) is 0.327. The Labute approximate surface area is 430 Å². The number of likely N-dealkylation sites (tertiary alicyclic amines) is 1. The van der Waals surface area contributed by atoms with E-state index >= 15 is 0 Å². The molecular formula is C55H53F3N6O7S2. The molecule has 378 valence electrons. The van der Waals surface area contributed by atoms with E-state index in [4.69, 9.17) is 21.7 Å². The van der Waals surface area contributed by atoms with Gasteiger partial charge in [-0.3, -0.25) is 24.1 Å². The van der Waals surface area contributed by atoms with Crippen LogP contribution in [0.2, 0.25) is 0 Å². The number of nitrogens with one attached hydrogen (secondary N) is 1. The van der Waals surface area contributed by atoms with Gasteiger partial charge in [0.2, 0.25) is 5.91 Å². The number of hydrogen-bond acceptors (Lipinski definition) is 11. The number of fused-ring (bicyclic) bond motifs is 1. The van der Waals surface area contributed by atoms with Gasteiger partial charge in [-0.15, -0.1) is 11.3 Å². The van der Waals surface area contributed by atoms with Crippen LogP contribution in [0.15, 0.2) is 109 Å². The monoisotopic (exact) mass is 1030 g/mol. The molecular weight excluding hydrogens is 978 g/mol. The Morgan fingerprint density at radius 2 is 1.58 bits per heavy atom. The van der Waals surface area contributed by atoms with Crippen molar-refractivity contribution < 1.29 is 46.9 Å². The molecule has 0 bridgehead atoms. The number of nitrogens with zero attached hydrogens (tertiary/aromatic N) is 5. The van der Waals surface area contributed by atoms with Gasteiger partial charge >= 0.3 is 6.18 Å². The van der Waals surface area contributed by atoms with E-state index in [0.29, 0.717) is 23.6 Å². The third-order valence-corrected chi connectivity index (χ3v) is 14.4. The Kier molecular flexibility index (Phi) is 14.8. The SMILES string of the molecule is Cc1ncsc1-c1ccc(CCC(=O)[C@@H]2C[C@@H](O)CN2C(=O)[C@@H](NC(=O)COc2ccc3cc(COc4ccc(N5C(=S)N(c6ccc(C#N)c(C(F)(F)F)c6)C(=O)C5(C)C)cc4)ccc3c2)C(C)(C)C)cc1. The van der Waals surface area contributed by atoms with E-state index in [2.05, 4.69) is 10.3 Å². The Morgan fingerprint density at radius 3 is 2.23 bits per heavy atom. The molecule has 13 nitrogen and oxygen atoms in total. The summed E-state index contributed by atoms with van der Waals surface area (Å²) in [6.45, 7) is 10.5. The first kappa shape index (κ1) is 52.1. The molecule has 2 aliphatic heterocycles. The van der Waals surface area contributed by atoms with Crippen molar-refractivity contribution in [3.63, 3.8) is 0 Å². The number of β-amino-alcohol motifs (C(OH)–C–C–N with tert-alkyl or cyclic N) is 1. The van der Waals surface area contributed by atoms with Crippen LogP contribution in [0.25, 0.3) is 21.2 Å². The lowest BCUT2D eigenvalue weighted by molar-refractivity contribution is -0.143. The summed E-state index contributed by atoms with van der Waals surface area (Å²) in [5, 5.41) is 24.4. The molecule has 2 fully saturated rings. The van der Waals surface area contributed by atoms with E-state index in [0.717, 1.165) is 55.1 Å². The highest BCUT2D eigenvalue weighted by molar-refractivity contribution is 7.81. The van der Waals surface area contributed by atoms with E-state index in [9.17, 15) is 42.7 Å². The number of alkyl halides is 3. The molecule has 0 aliphatic carbocycles. The molecule has 3 amide bonds. The van der Waals surface area contributed by atoms with E-state index in [1.165, 1.54) is 11.0 Å². The van der Waals surface area contributed by atoms with Crippen LogP contribution in [0, 0.1) is 23.7 Å². The number of thiazole rings is 1. The number of rotatable bonds is 15. The van der Waals surface area contributed by atoms with Crippen LogP contribution in [0.1, 0.15) is 75.4 Å². The van der Waals surface area contributed by atoms with Crippen molar-refractivity contribution in [3.8, 4) is 28.0 Å². The van der Waals surface area contributed by atoms with Gasteiger partial charge in [0, 0.05) is 25.1 Å². The summed E-state index contributed by atoms with van der Waals surface area (Å²) in [6, 6.07) is 28.7. The van der Waals surface area contributed by atoms with E-state index < -0.39 is 64.2 Å². The summed E-state index contributed by atoms with van der Waals surface area (Å²) in [5.41, 5.74) is 2.36. The lowest BCUT2D eigenvalue weighted by Crippen LogP contribution is -2.57. The molecule has 0 radical (unpaired) electrons. The molecule has 3 atom stereocenters. The van der Waals surface area contributed by atoms with Crippen LogP contribution < -0.4 is 24.6 Å². The number of thiocarbonyl (C=S) groups is 1. The fourth-order valence-corrected chi connectivity index (χ4v) is 10.5. The normalized spacial score (nSPS) is 17.2. The molecule has 8 rings (SSSR count). The Balaban J connectivity index is 0.844. The molecule has 2 N–H and O–H groups in total. The first-order valence-corrected chi connectivity index (χ1v) is 24.8. The maximum absolute atomic E-state index is 14.2. The second kappa shape index (κ2) is 20.7. The highest BCUT2D eigenvalue weighted by atomic mass is 32.1. The molecule has 6 aromatic rings. The van der Waals surface area contributed by atoms with Gasteiger partial charge in [0.05, 0.1) is 51.1 Å².